The monoisotopic (exact) mass is 426 g/mol. The van der Waals surface area contributed by atoms with Crippen LogP contribution in [0.4, 0.5) is 0 Å². The number of halogens is 2. The van der Waals surface area contributed by atoms with Crippen LogP contribution >= 0.6 is 23.2 Å². The Kier molecular flexibility index (Phi) is 7.06. The van der Waals surface area contributed by atoms with Gasteiger partial charge in [0.15, 0.2) is 0 Å². The second kappa shape index (κ2) is 8.89. The van der Waals surface area contributed by atoms with Crippen molar-refractivity contribution in [3.63, 3.8) is 0 Å². The molecule has 1 N–H and O–H groups in total. The fourth-order valence-corrected chi connectivity index (χ4v) is 4.09. The van der Waals surface area contributed by atoms with Crippen molar-refractivity contribution in [2.45, 2.75) is 17.9 Å². The van der Waals surface area contributed by atoms with Gasteiger partial charge in [0.25, 0.3) is 5.91 Å². The Labute approximate surface area is 169 Å². The summed E-state index contributed by atoms with van der Waals surface area (Å²) in [7, 11) is -2.08. The van der Waals surface area contributed by atoms with Crippen molar-refractivity contribution in [2.24, 2.45) is 0 Å². The van der Waals surface area contributed by atoms with Gasteiger partial charge in [-0.2, -0.15) is 0 Å². The van der Waals surface area contributed by atoms with Gasteiger partial charge in [-0.15, -0.1) is 6.58 Å². The highest BCUT2D eigenvalue weighted by atomic mass is 35.5. The van der Waals surface area contributed by atoms with Crippen molar-refractivity contribution in [1.82, 2.24) is 9.62 Å². The molecule has 27 heavy (non-hydrogen) atoms. The smallest absolute Gasteiger partial charge is 0.254 e. The summed E-state index contributed by atoms with van der Waals surface area (Å²) in [5, 5.41) is 0.967. The summed E-state index contributed by atoms with van der Waals surface area (Å²) in [4.78, 5) is 14.4. The fraction of sp³-hybridized carbons (Fsp3) is 0.211. The van der Waals surface area contributed by atoms with Crippen LogP contribution in [0, 0.1) is 0 Å². The Hall–Kier alpha value is -1.86. The van der Waals surface area contributed by atoms with E-state index >= 15 is 0 Å². The minimum absolute atomic E-state index is 0.0146. The van der Waals surface area contributed by atoms with Crippen molar-refractivity contribution < 1.29 is 13.2 Å². The van der Waals surface area contributed by atoms with Gasteiger partial charge in [0.1, 0.15) is 0 Å². The number of carbonyl (C=O) groups excluding carboxylic acids is 1. The molecule has 5 nitrogen and oxygen atoms in total. The molecule has 2 aromatic rings. The van der Waals surface area contributed by atoms with Gasteiger partial charge in [-0.05, 0) is 42.8 Å². The van der Waals surface area contributed by atoms with E-state index in [4.69, 9.17) is 23.2 Å². The minimum atomic E-state index is -3.72. The Bertz CT molecular complexity index is 961. The van der Waals surface area contributed by atoms with E-state index in [1.54, 1.807) is 31.3 Å². The third kappa shape index (κ3) is 5.11. The third-order valence-electron chi connectivity index (χ3n) is 4.12. The Morgan fingerprint density at radius 1 is 1.26 bits per heavy atom. The van der Waals surface area contributed by atoms with E-state index in [0.717, 1.165) is 5.56 Å². The van der Waals surface area contributed by atoms with Gasteiger partial charge in [-0.25, -0.2) is 13.1 Å². The second-order valence-corrected chi connectivity index (χ2v) is 8.54. The van der Waals surface area contributed by atoms with Crippen molar-refractivity contribution in [1.29, 1.82) is 0 Å². The standard InChI is InChI=1S/C19H20Cl2N2O3S/c1-4-10-22-27(25,26)16-7-5-6-14(11-16)19(24)23(3)13(2)17-9-8-15(20)12-18(17)21/h4-9,11-13,22H,1,10H2,2-3H3. The number of nitrogens with one attached hydrogen (secondary N) is 1. The number of amides is 1. The van der Waals surface area contributed by atoms with Crippen LogP contribution in [0.25, 0.3) is 0 Å². The first-order valence-electron chi connectivity index (χ1n) is 8.10. The molecule has 0 saturated carbocycles. The maximum absolute atomic E-state index is 12.9. The molecule has 1 amide bonds. The molecule has 0 aliphatic heterocycles. The number of hydrogen-bond acceptors (Lipinski definition) is 3. The molecular formula is C19H20Cl2N2O3S. The summed E-state index contributed by atoms with van der Waals surface area (Å²) in [6.45, 7) is 5.42. The molecule has 0 bridgehead atoms. The molecule has 144 valence electrons. The van der Waals surface area contributed by atoms with E-state index in [-0.39, 0.29) is 29.0 Å². The first-order chi connectivity index (χ1) is 12.7. The summed E-state index contributed by atoms with van der Waals surface area (Å²) in [5.74, 6) is -0.325. The van der Waals surface area contributed by atoms with Gasteiger partial charge in [-0.1, -0.05) is 41.4 Å². The van der Waals surface area contributed by atoms with Crippen LogP contribution in [0.1, 0.15) is 28.9 Å². The van der Waals surface area contributed by atoms with E-state index in [0.29, 0.717) is 10.0 Å². The van der Waals surface area contributed by atoms with Crippen molar-refractivity contribution >= 4 is 39.1 Å². The van der Waals surface area contributed by atoms with Gasteiger partial charge < -0.3 is 4.90 Å². The quantitative estimate of drug-likeness (QED) is 0.671. The lowest BCUT2D eigenvalue weighted by atomic mass is 10.1. The predicted octanol–water partition coefficient (Wildman–Crippen LogP) is 4.29. The lowest BCUT2D eigenvalue weighted by Gasteiger charge is -2.26. The van der Waals surface area contributed by atoms with Crippen LogP contribution in [0.3, 0.4) is 0 Å². The number of sulfonamides is 1. The van der Waals surface area contributed by atoms with E-state index in [9.17, 15) is 13.2 Å². The van der Waals surface area contributed by atoms with Gasteiger partial charge in [0.05, 0.1) is 10.9 Å². The highest BCUT2D eigenvalue weighted by Gasteiger charge is 2.22. The number of nitrogens with zero attached hydrogens (tertiary/aromatic N) is 1. The molecule has 1 atom stereocenters. The number of rotatable bonds is 7. The summed E-state index contributed by atoms with van der Waals surface area (Å²) in [5.41, 5.74) is 1.00. The number of carbonyl (C=O) groups is 1. The van der Waals surface area contributed by atoms with E-state index in [2.05, 4.69) is 11.3 Å². The molecule has 2 rings (SSSR count). The van der Waals surface area contributed by atoms with Crippen LogP contribution < -0.4 is 4.72 Å². The van der Waals surface area contributed by atoms with Crippen LogP contribution in [-0.4, -0.2) is 32.8 Å². The molecular weight excluding hydrogens is 407 g/mol. The first kappa shape index (κ1) is 21.4. The zero-order valence-electron chi connectivity index (χ0n) is 14.9. The van der Waals surface area contributed by atoms with Gasteiger partial charge in [-0.3, -0.25) is 4.79 Å². The molecule has 0 fully saturated rings. The molecule has 0 heterocycles. The SMILES string of the molecule is C=CCNS(=O)(=O)c1cccc(C(=O)N(C)C(C)c2ccc(Cl)cc2Cl)c1. The Morgan fingerprint density at radius 3 is 2.59 bits per heavy atom. The number of hydrogen-bond donors (Lipinski definition) is 1. The molecule has 0 saturated heterocycles. The van der Waals surface area contributed by atoms with E-state index < -0.39 is 10.0 Å². The maximum atomic E-state index is 12.9. The summed E-state index contributed by atoms with van der Waals surface area (Å²) in [6, 6.07) is 10.6. The van der Waals surface area contributed by atoms with Gasteiger partial charge >= 0.3 is 0 Å². The summed E-state index contributed by atoms with van der Waals surface area (Å²) in [6.07, 6.45) is 1.44. The highest BCUT2D eigenvalue weighted by Crippen LogP contribution is 2.30. The second-order valence-electron chi connectivity index (χ2n) is 5.93. The summed E-state index contributed by atoms with van der Waals surface area (Å²) >= 11 is 12.2. The topological polar surface area (TPSA) is 66.5 Å². The normalized spacial score (nSPS) is 12.4. The maximum Gasteiger partial charge on any atom is 0.254 e. The molecule has 0 aromatic heterocycles. The Morgan fingerprint density at radius 2 is 1.96 bits per heavy atom. The molecule has 0 radical (unpaired) electrons. The molecule has 8 heteroatoms. The first-order valence-corrected chi connectivity index (χ1v) is 10.3. The van der Waals surface area contributed by atoms with Crippen LogP contribution in [0.5, 0.6) is 0 Å². The molecule has 0 aliphatic rings. The summed E-state index contributed by atoms with van der Waals surface area (Å²) < 4.78 is 26.9. The predicted molar refractivity (Wildman–Crippen MR) is 109 cm³/mol. The minimum Gasteiger partial charge on any atom is -0.335 e. The third-order valence-corrected chi connectivity index (χ3v) is 6.11. The molecule has 0 spiro atoms. The van der Waals surface area contributed by atoms with E-state index in [1.807, 2.05) is 6.92 Å². The molecule has 2 aromatic carbocycles. The van der Waals surface area contributed by atoms with E-state index in [1.165, 1.54) is 29.2 Å². The largest absolute Gasteiger partial charge is 0.335 e. The van der Waals surface area contributed by atoms with Gasteiger partial charge in [0, 0.05) is 29.2 Å². The lowest BCUT2D eigenvalue weighted by Crippen LogP contribution is -2.30. The fourth-order valence-electron chi connectivity index (χ4n) is 2.48. The van der Waals surface area contributed by atoms with Crippen molar-refractivity contribution in [2.75, 3.05) is 13.6 Å². The molecule has 0 aliphatic carbocycles. The number of benzene rings is 2. The van der Waals surface area contributed by atoms with Crippen LogP contribution in [0.2, 0.25) is 10.0 Å². The Balaban J connectivity index is 2.29. The lowest BCUT2D eigenvalue weighted by molar-refractivity contribution is 0.0742. The van der Waals surface area contributed by atoms with Crippen LogP contribution in [-0.2, 0) is 10.0 Å². The average molecular weight is 427 g/mol. The van der Waals surface area contributed by atoms with Gasteiger partial charge in [0.2, 0.25) is 10.0 Å². The van der Waals surface area contributed by atoms with Crippen molar-refractivity contribution in [3.8, 4) is 0 Å². The average Bonchev–Trinajstić information content (AvgIpc) is 2.65. The van der Waals surface area contributed by atoms with Crippen molar-refractivity contribution in [3.05, 3.63) is 76.3 Å². The zero-order chi connectivity index (χ0) is 20.2. The zero-order valence-corrected chi connectivity index (χ0v) is 17.3. The van der Waals surface area contributed by atoms with Crippen LogP contribution in [0.15, 0.2) is 60.0 Å². The molecule has 1 unspecified atom stereocenters. The highest BCUT2D eigenvalue weighted by molar-refractivity contribution is 7.89.